The summed E-state index contributed by atoms with van der Waals surface area (Å²) in [7, 11) is -3.77. The Kier molecular flexibility index (Phi) is 7.89. The summed E-state index contributed by atoms with van der Waals surface area (Å²) in [6, 6.07) is 2.74. The Morgan fingerprint density at radius 3 is 2.69 bits per heavy atom. The first-order valence-corrected chi connectivity index (χ1v) is 13.5. The first-order chi connectivity index (χ1) is 16.6. The van der Waals surface area contributed by atoms with Crippen molar-refractivity contribution in [2.45, 2.75) is 57.1 Å². The van der Waals surface area contributed by atoms with Crippen molar-refractivity contribution in [1.82, 2.24) is 24.6 Å². The minimum atomic E-state index is -3.77. The van der Waals surface area contributed by atoms with E-state index in [9.17, 15) is 22.7 Å². The number of carbonyl (C=O) groups is 1. The van der Waals surface area contributed by atoms with Crippen molar-refractivity contribution in [1.29, 1.82) is 0 Å². The Balaban J connectivity index is 1.37. The van der Waals surface area contributed by atoms with E-state index in [-0.39, 0.29) is 42.2 Å². The van der Waals surface area contributed by atoms with E-state index in [0.29, 0.717) is 49.3 Å². The molecule has 3 N–H and O–H groups in total. The van der Waals surface area contributed by atoms with Crippen LogP contribution in [0, 0.1) is 11.7 Å². The number of nitrogens with zero attached hydrogens (tertiary/aromatic N) is 3. The number of imidazole rings is 1. The average Bonchev–Trinajstić information content (AvgIpc) is 3.21. The van der Waals surface area contributed by atoms with Crippen LogP contribution in [-0.2, 0) is 14.8 Å². The van der Waals surface area contributed by atoms with Crippen molar-refractivity contribution in [3.8, 4) is 11.5 Å². The smallest absolute Gasteiger partial charge is 0.244 e. The first-order valence-electron chi connectivity index (χ1n) is 11.7. The molecule has 12 heteroatoms. The number of rotatable bonds is 6. The first kappa shape index (κ1) is 25.7. The highest BCUT2D eigenvalue weighted by Gasteiger charge is 2.34. The molecule has 0 aromatic carbocycles. The van der Waals surface area contributed by atoms with E-state index in [4.69, 9.17) is 11.6 Å². The number of hydrogen-bond acceptors (Lipinski definition) is 6. The maximum Gasteiger partial charge on any atom is 0.244 e. The van der Waals surface area contributed by atoms with Gasteiger partial charge in [-0.05, 0) is 50.2 Å². The molecule has 190 valence electrons. The molecule has 9 nitrogen and oxygen atoms in total. The van der Waals surface area contributed by atoms with Gasteiger partial charge in [0, 0.05) is 31.1 Å². The fourth-order valence-electron chi connectivity index (χ4n) is 4.72. The van der Waals surface area contributed by atoms with Crippen molar-refractivity contribution in [3.63, 3.8) is 0 Å². The third-order valence-corrected chi connectivity index (χ3v) is 8.51. The van der Waals surface area contributed by atoms with Gasteiger partial charge in [-0.3, -0.25) is 4.79 Å². The van der Waals surface area contributed by atoms with Gasteiger partial charge in [0.25, 0.3) is 0 Å². The van der Waals surface area contributed by atoms with Crippen molar-refractivity contribution in [2.75, 3.05) is 13.1 Å². The molecule has 0 radical (unpaired) electrons. The van der Waals surface area contributed by atoms with E-state index in [1.165, 1.54) is 16.4 Å². The summed E-state index contributed by atoms with van der Waals surface area (Å²) in [5, 5.41) is 13.6. The van der Waals surface area contributed by atoms with Gasteiger partial charge in [-0.25, -0.2) is 22.8 Å². The average molecular weight is 526 g/mol. The Morgan fingerprint density at radius 2 is 2.03 bits per heavy atom. The highest BCUT2D eigenvalue weighted by atomic mass is 35.5. The molecule has 2 atom stereocenters. The quantitative estimate of drug-likeness (QED) is 0.497. The largest absolute Gasteiger partial charge is 0.393 e. The molecule has 1 saturated carbocycles. The number of aromatic nitrogens is 3. The zero-order chi connectivity index (χ0) is 25.2. The lowest BCUT2D eigenvalue weighted by atomic mass is 9.86. The van der Waals surface area contributed by atoms with Gasteiger partial charge in [-0.15, -0.1) is 0 Å². The van der Waals surface area contributed by atoms with Crippen LogP contribution in [0.2, 0.25) is 5.15 Å². The SMILES string of the molecule is C[C@H]1CN(S(=O)(=O)C=CC(=O)NC2CCC(O)CC2)CC[C@H]1c1[nH]c(-c2ccc(F)cn2)nc1Cl. The fraction of sp³-hybridized carbons (Fsp3) is 0.522. The number of aliphatic hydroxyl groups excluding tert-OH is 1. The number of carbonyl (C=O) groups excluding carboxylic acids is 1. The second-order valence-corrected chi connectivity index (χ2v) is 11.4. The van der Waals surface area contributed by atoms with E-state index < -0.39 is 21.7 Å². The lowest BCUT2D eigenvalue weighted by molar-refractivity contribution is -0.117. The number of aromatic amines is 1. The fourth-order valence-corrected chi connectivity index (χ4v) is 6.26. The molecule has 0 bridgehead atoms. The van der Waals surface area contributed by atoms with Crippen LogP contribution in [0.5, 0.6) is 0 Å². The van der Waals surface area contributed by atoms with E-state index in [2.05, 4.69) is 20.3 Å². The zero-order valence-corrected chi connectivity index (χ0v) is 20.9. The van der Waals surface area contributed by atoms with Gasteiger partial charge in [-0.1, -0.05) is 18.5 Å². The molecule has 0 unspecified atom stereocenters. The molecule has 1 saturated heterocycles. The van der Waals surface area contributed by atoms with Crippen molar-refractivity contribution < 1.29 is 22.7 Å². The van der Waals surface area contributed by atoms with Crippen LogP contribution >= 0.6 is 11.6 Å². The van der Waals surface area contributed by atoms with Gasteiger partial charge in [0.05, 0.1) is 23.4 Å². The molecule has 1 aliphatic carbocycles. The molecule has 0 spiro atoms. The second-order valence-electron chi connectivity index (χ2n) is 9.24. The van der Waals surface area contributed by atoms with Crippen molar-refractivity contribution >= 4 is 27.5 Å². The third kappa shape index (κ3) is 6.27. The van der Waals surface area contributed by atoms with Gasteiger partial charge < -0.3 is 15.4 Å². The standard InChI is InChI=1S/C23H29ClFN5O4S/c1-14-13-30(35(33,34)11-9-20(32)27-16-3-5-17(31)6-4-16)10-8-18(14)21-22(24)29-23(28-21)19-7-2-15(25)12-26-19/h2,7,9,11-12,14,16-18,31H,3-6,8,10,13H2,1H3,(H,27,32)(H,28,29)/t14-,16?,17?,18+/m0/s1. The summed E-state index contributed by atoms with van der Waals surface area (Å²) in [6.07, 6.45) is 4.95. The second kappa shape index (κ2) is 10.7. The zero-order valence-electron chi connectivity index (χ0n) is 19.3. The number of H-pyrrole nitrogens is 1. The van der Waals surface area contributed by atoms with Crippen LogP contribution in [0.15, 0.2) is 29.8 Å². The number of nitrogens with one attached hydrogen (secondary N) is 2. The van der Waals surface area contributed by atoms with Gasteiger partial charge in [0.15, 0.2) is 11.0 Å². The summed E-state index contributed by atoms with van der Waals surface area (Å²) >= 11 is 6.38. The number of sulfonamides is 1. The number of piperidine rings is 1. The predicted molar refractivity (Wildman–Crippen MR) is 129 cm³/mol. The Morgan fingerprint density at radius 1 is 1.29 bits per heavy atom. The van der Waals surface area contributed by atoms with E-state index in [0.717, 1.165) is 17.7 Å². The summed E-state index contributed by atoms with van der Waals surface area (Å²) in [5.74, 6) is -0.599. The van der Waals surface area contributed by atoms with Gasteiger partial charge in [0.2, 0.25) is 15.9 Å². The molecule has 1 aliphatic heterocycles. The van der Waals surface area contributed by atoms with Crippen molar-refractivity contribution in [2.24, 2.45) is 5.92 Å². The van der Waals surface area contributed by atoms with Gasteiger partial charge >= 0.3 is 0 Å². The molecule has 2 fully saturated rings. The molecule has 2 aliphatic rings. The van der Waals surface area contributed by atoms with Crippen molar-refractivity contribution in [3.05, 3.63) is 46.5 Å². The normalized spacial score (nSPS) is 26.2. The summed E-state index contributed by atoms with van der Waals surface area (Å²) in [5.41, 5.74) is 1.16. The Hall–Kier alpha value is -2.34. The van der Waals surface area contributed by atoms with Crippen LogP contribution in [0.1, 0.15) is 50.6 Å². The number of hydrogen-bond donors (Lipinski definition) is 3. The van der Waals surface area contributed by atoms with Crippen LogP contribution < -0.4 is 5.32 Å². The number of amides is 1. The summed E-state index contributed by atoms with van der Waals surface area (Å²) in [6.45, 7) is 2.47. The summed E-state index contributed by atoms with van der Waals surface area (Å²) < 4.78 is 40.2. The molecule has 1 amide bonds. The van der Waals surface area contributed by atoms with Crippen LogP contribution in [0.3, 0.4) is 0 Å². The molecule has 35 heavy (non-hydrogen) atoms. The molecular weight excluding hydrogens is 497 g/mol. The third-order valence-electron chi connectivity index (χ3n) is 6.69. The van der Waals surface area contributed by atoms with Crippen LogP contribution in [0.25, 0.3) is 11.5 Å². The lowest BCUT2D eigenvalue weighted by Crippen LogP contribution is -2.41. The molecule has 3 heterocycles. The van der Waals surface area contributed by atoms with Gasteiger partial charge in [-0.2, -0.15) is 4.31 Å². The Bertz CT molecular complexity index is 1180. The molecular formula is C23H29ClFN5O4S. The van der Waals surface area contributed by atoms with Crippen LogP contribution in [0.4, 0.5) is 4.39 Å². The number of pyridine rings is 1. The lowest BCUT2D eigenvalue weighted by Gasteiger charge is -2.35. The highest BCUT2D eigenvalue weighted by molar-refractivity contribution is 7.92. The summed E-state index contributed by atoms with van der Waals surface area (Å²) in [4.78, 5) is 23.7. The maximum atomic E-state index is 13.2. The minimum absolute atomic E-state index is 0.0513. The van der Waals surface area contributed by atoms with Gasteiger partial charge in [0.1, 0.15) is 11.5 Å². The molecule has 2 aromatic rings. The van der Waals surface area contributed by atoms with E-state index in [1.54, 1.807) is 0 Å². The van der Waals surface area contributed by atoms with E-state index in [1.807, 2.05) is 6.92 Å². The van der Waals surface area contributed by atoms with E-state index >= 15 is 0 Å². The Labute approximate surface area is 208 Å². The number of halogens is 2. The highest BCUT2D eigenvalue weighted by Crippen LogP contribution is 2.37. The minimum Gasteiger partial charge on any atom is -0.393 e. The maximum absolute atomic E-state index is 13.2. The molecule has 4 rings (SSSR count). The number of aliphatic hydroxyl groups is 1. The topological polar surface area (TPSA) is 128 Å². The van der Waals surface area contributed by atoms with Crippen LogP contribution in [-0.4, -0.2) is 63.9 Å². The monoisotopic (exact) mass is 525 g/mol. The molecule has 2 aromatic heterocycles. The predicted octanol–water partition coefficient (Wildman–Crippen LogP) is 2.95.